The van der Waals surface area contributed by atoms with E-state index in [2.05, 4.69) is 10.6 Å². The number of aryl methyl sites for hydroxylation is 1. The van der Waals surface area contributed by atoms with Crippen LogP contribution in [-0.2, 0) is 22.2 Å². The molecule has 0 bridgehead atoms. The molecular formula is C20H19F3N2O4. The fourth-order valence-electron chi connectivity index (χ4n) is 2.75. The predicted molar refractivity (Wildman–Crippen MR) is 98.8 cm³/mol. The van der Waals surface area contributed by atoms with Crippen LogP contribution < -0.4 is 20.1 Å². The lowest BCUT2D eigenvalue weighted by atomic mass is 10.0. The van der Waals surface area contributed by atoms with E-state index >= 15 is 0 Å². The van der Waals surface area contributed by atoms with Crippen LogP contribution in [0.25, 0.3) is 0 Å². The number of alkyl halides is 3. The van der Waals surface area contributed by atoms with Crippen molar-refractivity contribution in [2.24, 2.45) is 0 Å². The summed E-state index contributed by atoms with van der Waals surface area (Å²) < 4.78 is 48.2. The van der Waals surface area contributed by atoms with Crippen molar-refractivity contribution in [2.45, 2.75) is 19.0 Å². The summed E-state index contributed by atoms with van der Waals surface area (Å²) in [6.07, 6.45) is -3.33. The second-order valence-electron chi connectivity index (χ2n) is 6.38. The van der Waals surface area contributed by atoms with Gasteiger partial charge in [-0.25, -0.2) is 0 Å². The number of anilines is 1. The molecule has 6 nitrogen and oxygen atoms in total. The number of ether oxygens (including phenoxy) is 2. The van der Waals surface area contributed by atoms with Crippen LogP contribution in [0.5, 0.6) is 11.5 Å². The minimum atomic E-state index is -4.41. The Balaban J connectivity index is 1.36. The molecule has 29 heavy (non-hydrogen) atoms. The van der Waals surface area contributed by atoms with Gasteiger partial charge in [-0.3, -0.25) is 9.59 Å². The van der Waals surface area contributed by atoms with Crippen LogP contribution >= 0.6 is 0 Å². The van der Waals surface area contributed by atoms with E-state index in [1.807, 2.05) is 6.07 Å². The molecule has 1 heterocycles. The fourth-order valence-corrected chi connectivity index (χ4v) is 2.75. The van der Waals surface area contributed by atoms with Crippen molar-refractivity contribution < 1.29 is 32.2 Å². The second-order valence-corrected chi connectivity index (χ2v) is 6.38. The average Bonchev–Trinajstić information content (AvgIpc) is 2.69. The molecule has 0 saturated heterocycles. The van der Waals surface area contributed by atoms with Crippen molar-refractivity contribution in [2.75, 3.05) is 25.1 Å². The number of nitrogens with one attached hydrogen (secondary N) is 2. The zero-order valence-corrected chi connectivity index (χ0v) is 15.3. The number of hydrogen-bond donors (Lipinski definition) is 2. The Morgan fingerprint density at radius 2 is 1.76 bits per heavy atom. The highest BCUT2D eigenvalue weighted by Gasteiger charge is 2.30. The molecular weight excluding hydrogens is 389 g/mol. The highest BCUT2D eigenvalue weighted by Crippen LogP contribution is 2.30. The number of benzene rings is 2. The highest BCUT2D eigenvalue weighted by molar-refractivity contribution is 5.94. The number of carbonyl (C=O) groups excluding carboxylic acids is 2. The molecule has 0 aliphatic carbocycles. The molecule has 0 saturated carbocycles. The first-order valence-electron chi connectivity index (χ1n) is 8.93. The van der Waals surface area contributed by atoms with E-state index in [1.165, 1.54) is 0 Å². The fraction of sp³-hybridized carbons (Fsp3) is 0.300. The van der Waals surface area contributed by atoms with Crippen molar-refractivity contribution in [3.63, 3.8) is 0 Å². The van der Waals surface area contributed by atoms with Gasteiger partial charge in [0.1, 0.15) is 18.1 Å². The second kappa shape index (κ2) is 8.85. The van der Waals surface area contributed by atoms with Gasteiger partial charge in [0.2, 0.25) is 5.91 Å². The minimum Gasteiger partial charge on any atom is -0.492 e. The average molecular weight is 408 g/mol. The van der Waals surface area contributed by atoms with Gasteiger partial charge in [-0.2, -0.15) is 13.2 Å². The van der Waals surface area contributed by atoms with E-state index in [-0.39, 0.29) is 31.4 Å². The Morgan fingerprint density at radius 1 is 1.03 bits per heavy atom. The summed E-state index contributed by atoms with van der Waals surface area (Å²) in [5.74, 6) is 0.384. The van der Waals surface area contributed by atoms with Gasteiger partial charge < -0.3 is 20.1 Å². The van der Waals surface area contributed by atoms with E-state index in [1.54, 1.807) is 12.1 Å². The van der Waals surface area contributed by atoms with Crippen molar-refractivity contribution in [3.8, 4) is 11.5 Å². The van der Waals surface area contributed by atoms with Crippen LogP contribution in [0.1, 0.15) is 17.5 Å². The third kappa shape index (κ3) is 5.87. The lowest BCUT2D eigenvalue weighted by Crippen LogP contribution is -2.32. The lowest BCUT2D eigenvalue weighted by Gasteiger charge is -2.17. The molecule has 3 rings (SSSR count). The Bertz CT molecular complexity index is 882. The number of fused-ring (bicyclic) bond motifs is 1. The largest absolute Gasteiger partial charge is 0.492 e. The summed E-state index contributed by atoms with van der Waals surface area (Å²) >= 11 is 0. The SMILES string of the molecule is O=C(COc1ccc(C(F)(F)F)cc1)NCCOc1ccc2c(c1)CCC(=O)N2. The van der Waals surface area contributed by atoms with Crippen LogP contribution in [0.3, 0.4) is 0 Å². The maximum atomic E-state index is 12.5. The predicted octanol–water partition coefficient (Wildman–Crippen LogP) is 3.16. The molecule has 0 fully saturated rings. The van der Waals surface area contributed by atoms with E-state index < -0.39 is 17.6 Å². The quantitative estimate of drug-likeness (QED) is 0.690. The van der Waals surface area contributed by atoms with E-state index in [0.29, 0.717) is 18.6 Å². The van der Waals surface area contributed by atoms with Crippen LogP contribution in [0.2, 0.25) is 0 Å². The highest BCUT2D eigenvalue weighted by atomic mass is 19.4. The summed E-state index contributed by atoms with van der Waals surface area (Å²) in [4.78, 5) is 23.1. The first kappa shape index (κ1) is 20.5. The summed E-state index contributed by atoms with van der Waals surface area (Å²) in [6, 6.07) is 9.48. The monoisotopic (exact) mass is 408 g/mol. The van der Waals surface area contributed by atoms with E-state index in [4.69, 9.17) is 9.47 Å². The van der Waals surface area contributed by atoms with Gasteiger partial charge in [-0.1, -0.05) is 0 Å². The zero-order valence-electron chi connectivity index (χ0n) is 15.3. The third-order valence-corrected chi connectivity index (χ3v) is 4.22. The number of halogens is 3. The van der Waals surface area contributed by atoms with Gasteiger partial charge >= 0.3 is 6.18 Å². The normalized spacial score (nSPS) is 13.3. The molecule has 0 spiro atoms. The minimum absolute atomic E-state index is 0.00704. The first-order valence-corrected chi connectivity index (χ1v) is 8.93. The number of rotatable bonds is 7. The molecule has 154 valence electrons. The van der Waals surface area contributed by atoms with Crippen LogP contribution in [0.4, 0.5) is 18.9 Å². The van der Waals surface area contributed by atoms with Crippen molar-refractivity contribution >= 4 is 17.5 Å². The van der Waals surface area contributed by atoms with Gasteiger partial charge in [0.15, 0.2) is 6.61 Å². The Morgan fingerprint density at radius 3 is 2.48 bits per heavy atom. The van der Waals surface area contributed by atoms with E-state index in [0.717, 1.165) is 35.5 Å². The lowest BCUT2D eigenvalue weighted by molar-refractivity contribution is -0.137. The maximum Gasteiger partial charge on any atom is 0.416 e. The number of amides is 2. The van der Waals surface area contributed by atoms with Crippen molar-refractivity contribution in [1.82, 2.24) is 5.32 Å². The van der Waals surface area contributed by atoms with Gasteiger partial charge in [-0.15, -0.1) is 0 Å². The van der Waals surface area contributed by atoms with Gasteiger partial charge in [0.25, 0.3) is 5.91 Å². The van der Waals surface area contributed by atoms with Crippen LogP contribution in [0, 0.1) is 0 Å². The van der Waals surface area contributed by atoms with Crippen LogP contribution in [-0.4, -0.2) is 31.6 Å². The summed E-state index contributed by atoms with van der Waals surface area (Å²) in [5, 5.41) is 5.39. The molecule has 0 atom stereocenters. The third-order valence-electron chi connectivity index (χ3n) is 4.22. The molecule has 9 heteroatoms. The number of carbonyl (C=O) groups is 2. The molecule has 2 aromatic carbocycles. The van der Waals surface area contributed by atoms with Crippen molar-refractivity contribution in [1.29, 1.82) is 0 Å². The first-order chi connectivity index (χ1) is 13.8. The van der Waals surface area contributed by atoms with Gasteiger partial charge in [0.05, 0.1) is 12.1 Å². The van der Waals surface area contributed by atoms with Gasteiger partial charge in [0, 0.05) is 12.1 Å². The van der Waals surface area contributed by atoms with Crippen molar-refractivity contribution in [3.05, 3.63) is 53.6 Å². The molecule has 2 aromatic rings. The van der Waals surface area contributed by atoms with Gasteiger partial charge in [-0.05, 0) is 54.4 Å². The molecule has 0 unspecified atom stereocenters. The molecule has 0 aromatic heterocycles. The molecule has 2 amide bonds. The molecule has 2 N–H and O–H groups in total. The Hall–Kier alpha value is -3.23. The topological polar surface area (TPSA) is 76.7 Å². The summed E-state index contributed by atoms with van der Waals surface area (Å²) in [7, 11) is 0. The summed E-state index contributed by atoms with van der Waals surface area (Å²) in [6.45, 7) is 0.157. The summed E-state index contributed by atoms with van der Waals surface area (Å²) in [5.41, 5.74) is 0.995. The standard InChI is InChI=1S/C20H19F3N2O4/c21-20(22,23)14-2-4-15(5-3-14)29-12-19(27)24-9-10-28-16-6-7-17-13(11-16)1-8-18(26)25-17/h2-7,11H,1,8-10,12H2,(H,24,27)(H,25,26). The Labute approximate surface area is 165 Å². The zero-order chi connectivity index (χ0) is 20.9. The molecule has 0 radical (unpaired) electrons. The van der Waals surface area contributed by atoms with Crippen LogP contribution in [0.15, 0.2) is 42.5 Å². The maximum absolute atomic E-state index is 12.5. The molecule has 1 aliphatic heterocycles. The van der Waals surface area contributed by atoms with E-state index in [9.17, 15) is 22.8 Å². The molecule has 1 aliphatic rings. The smallest absolute Gasteiger partial charge is 0.416 e. The Kier molecular flexibility index (Phi) is 6.26. The number of hydrogen-bond acceptors (Lipinski definition) is 4.